The van der Waals surface area contributed by atoms with Gasteiger partial charge in [0.1, 0.15) is 23.6 Å². The summed E-state index contributed by atoms with van der Waals surface area (Å²) in [7, 11) is 0. The Balaban J connectivity index is 1.39. The average molecular weight is 451 g/mol. The molecule has 0 spiro atoms. The molecular weight excluding hydrogens is 434 g/mol. The van der Waals surface area contributed by atoms with Gasteiger partial charge in [0.25, 0.3) is 0 Å². The number of ether oxygens (including phenoxy) is 1. The molecule has 0 radical (unpaired) electrons. The standard InChI is InChI=1S/C25H17ClF2N2O2/c26-17-6-10-21(31-14-15-4-2-1-3-5-15)16(12-17)13-18-7-11-22(32-18)25-29-20-9-8-19(27)23(28)24(20)30-25/h1-12H,13-14H2,(H,29,30). The summed E-state index contributed by atoms with van der Waals surface area (Å²) in [6, 6.07) is 21.3. The number of hydrogen-bond acceptors (Lipinski definition) is 3. The van der Waals surface area contributed by atoms with Gasteiger partial charge >= 0.3 is 0 Å². The molecule has 0 aliphatic heterocycles. The van der Waals surface area contributed by atoms with Crippen molar-refractivity contribution in [1.29, 1.82) is 0 Å². The number of aromatic amines is 1. The number of aromatic nitrogens is 2. The minimum atomic E-state index is -0.966. The Hall–Kier alpha value is -3.64. The third-order valence-corrected chi connectivity index (χ3v) is 5.30. The highest BCUT2D eigenvalue weighted by Gasteiger charge is 2.16. The summed E-state index contributed by atoms with van der Waals surface area (Å²) in [5, 5.41) is 0.591. The van der Waals surface area contributed by atoms with Crippen molar-refractivity contribution in [2.45, 2.75) is 13.0 Å². The Morgan fingerprint density at radius 3 is 2.66 bits per heavy atom. The van der Waals surface area contributed by atoms with Gasteiger partial charge in [-0.1, -0.05) is 41.9 Å². The lowest BCUT2D eigenvalue weighted by Crippen LogP contribution is -1.99. The zero-order valence-corrected chi connectivity index (χ0v) is 17.5. The quantitative estimate of drug-likeness (QED) is 0.305. The lowest BCUT2D eigenvalue weighted by molar-refractivity contribution is 0.303. The van der Waals surface area contributed by atoms with Crippen LogP contribution in [0.5, 0.6) is 5.75 Å². The zero-order chi connectivity index (χ0) is 22.1. The smallest absolute Gasteiger partial charge is 0.184 e. The number of H-pyrrole nitrogens is 1. The second kappa shape index (κ2) is 8.48. The highest BCUT2D eigenvalue weighted by atomic mass is 35.5. The Morgan fingerprint density at radius 1 is 0.969 bits per heavy atom. The third-order valence-electron chi connectivity index (χ3n) is 5.07. The number of benzene rings is 3. The van der Waals surface area contributed by atoms with Gasteiger partial charge in [-0.05, 0) is 48.0 Å². The molecule has 0 bridgehead atoms. The number of imidazole rings is 1. The predicted octanol–water partition coefficient (Wildman–Crippen LogP) is 6.92. The summed E-state index contributed by atoms with van der Waals surface area (Å²) in [5.74, 6) is 0.201. The van der Waals surface area contributed by atoms with E-state index in [-0.39, 0.29) is 5.52 Å². The maximum atomic E-state index is 14.0. The van der Waals surface area contributed by atoms with E-state index in [1.165, 1.54) is 6.07 Å². The minimum Gasteiger partial charge on any atom is -0.489 e. The van der Waals surface area contributed by atoms with Crippen molar-refractivity contribution in [3.8, 4) is 17.3 Å². The Morgan fingerprint density at radius 2 is 1.81 bits per heavy atom. The molecule has 32 heavy (non-hydrogen) atoms. The largest absolute Gasteiger partial charge is 0.489 e. The molecule has 0 aliphatic carbocycles. The van der Waals surface area contributed by atoms with E-state index in [9.17, 15) is 8.78 Å². The summed E-state index contributed by atoms with van der Waals surface area (Å²) < 4.78 is 39.4. The van der Waals surface area contributed by atoms with Crippen molar-refractivity contribution in [1.82, 2.24) is 9.97 Å². The van der Waals surface area contributed by atoms with E-state index in [2.05, 4.69) is 9.97 Å². The predicted molar refractivity (Wildman–Crippen MR) is 119 cm³/mol. The summed E-state index contributed by atoms with van der Waals surface area (Å²) in [6.45, 7) is 0.431. The van der Waals surface area contributed by atoms with Gasteiger partial charge in [-0.3, -0.25) is 0 Å². The van der Waals surface area contributed by atoms with Gasteiger partial charge in [-0.15, -0.1) is 0 Å². The maximum absolute atomic E-state index is 14.0. The van der Waals surface area contributed by atoms with Crippen molar-refractivity contribution in [2.24, 2.45) is 0 Å². The maximum Gasteiger partial charge on any atom is 0.184 e. The van der Waals surface area contributed by atoms with Crippen LogP contribution in [0, 0.1) is 11.6 Å². The molecule has 7 heteroatoms. The number of rotatable bonds is 6. The van der Waals surface area contributed by atoms with E-state index >= 15 is 0 Å². The normalized spacial score (nSPS) is 11.2. The number of fused-ring (bicyclic) bond motifs is 1. The number of furan rings is 1. The van der Waals surface area contributed by atoms with E-state index in [1.807, 2.05) is 42.5 Å². The summed E-state index contributed by atoms with van der Waals surface area (Å²) >= 11 is 6.21. The van der Waals surface area contributed by atoms with Gasteiger partial charge in [0.05, 0.1) is 5.52 Å². The molecule has 0 aliphatic rings. The average Bonchev–Trinajstić information content (AvgIpc) is 3.44. The fourth-order valence-electron chi connectivity index (χ4n) is 3.49. The van der Waals surface area contributed by atoms with Crippen LogP contribution in [-0.4, -0.2) is 9.97 Å². The first-order chi connectivity index (χ1) is 15.6. The van der Waals surface area contributed by atoms with E-state index in [1.54, 1.807) is 18.2 Å². The van der Waals surface area contributed by atoms with Crippen LogP contribution in [0.3, 0.4) is 0 Å². The molecule has 0 unspecified atom stereocenters. The van der Waals surface area contributed by atoms with Crippen LogP contribution >= 0.6 is 11.6 Å². The molecule has 0 saturated heterocycles. The van der Waals surface area contributed by atoms with Crippen molar-refractivity contribution >= 4 is 22.6 Å². The number of nitrogens with one attached hydrogen (secondary N) is 1. The molecule has 1 N–H and O–H groups in total. The molecule has 0 atom stereocenters. The van der Waals surface area contributed by atoms with Gasteiger partial charge < -0.3 is 14.1 Å². The van der Waals surface area contributed by atoms with Gasteiger partial charge in [0.15, 0.2) is 23.2 Å². The van der Waals surface area contributed by atoms with Gasteiger partial charge in [-0.25, -0.2) is 13.8 Å². The Bertz CT molecular complexity index is 1400. The van der Waals surface area contributed by atoms with Gasteiger partial charge in [0.2, 0.25) is 0 Å². The molecule has 160 valence electrons. The Kier molecular flexibility index (Phi) is 5.37. The molecule has 3 aromatic carbocycles. The van der Waals surface area contributed by atoms with E-state index in [4.69, 9.17) is 20.8 Å². The minimum absolute atomic E-state index is 0.00406. The van der Waals surface area contributed by atoms with Crippen LogP contribution in [0.1, 0.15) is 16.9 Å². The monoisotopic (exact) mass is 450 g/mol. The molecule has 2 aromatic heterocycles. The summed E-state index contributed by atoms with van der Waals surface area (Å²) in [4.78, 5) is 7.09. The van der Waals surface area contributed by atoms with Crippen molar-refractivity contribution in [3.05, 3.63) is 106 Å². The molecule has 5 aromatic rings. The van der Waals surface area contributed by atoms with Crippen LogP contribution in [0.25, 0.3) is 22.6 Å². The van der Waals surface area contributed by atoms with E-state index in [0.717, 1.165) is 17.2 Å². The van der Waals surface area contributed by atoms with Crippen LogP contribution in [0.15, 0.2) is 77.2 Å². The number of nitrogens with zero attached hydrogens (tertiary/aromatic N) is 1. The lowest BCUT2D eigenvalue weighted by atomic mass is 10.1. The van der Waals surface area contributed by atoms with Crippen LogP contribution in [-0.2, 0) is 13.0 Å². The van der Waals surface area contributed by atoms with E-state index < -0.39 is 11.6 Å². The van der Waals surface area contributed by atoms with Crippen LogP contribution in [0.2, 0.25) is 5.02 Å². The fourth-order valence-corrected chi connectivity index (χ4v) is 3.68. The molecule has 4 nitrogen and oxygen atoms in total. The van der Waals surface area contributed by atoms with Crippen molar-refractivity contribution in [2.75, 3.05) is 0 Å². The van der Waals surface area contributed by atoms with E-state index in [0.29, 0.717) is 46.7 Å². The summed E-state index contributed by atoms with van der Waals surface area (Å²) in [6.07, 6.45) is 0.438. The van der Waals surface area contributed by atoms with Crippen LogP contribution in [0.4, 0.5) is 8.78 Å². The zero-order valence-electron chi connectivity index (χ0n) is 16.7. The molecule has 2 heterocycles. The third kappa shape index (κ3) is 4.09. The van der Waals surface area contributed by atoms with Crippen molar-refractivity contribution < 1.29 is 17.9 Å². The molecule has 0 amide bonds. The first-order valence-electron chi connectivity index (χ1n) is 9.95. The SMILES string of the molecule is Fc1ccc2nc(-c3ccc(Cc4cc(Cl)ccc4OCc4ccccc4)o3)[nH]c2c1F. The Labute approximate surface area is 187 Å². The molecular formula is C25H17ClF2N2O2. The van der Waals surface area contributed by atoms with Gasteiger partial charge in [-0.2, -0.15) is 0 Å². The molecule has 5 rings (SSSR count). The first-order valence-corrected chi connectivity index (χ1v) is 10.3. The number of hydrogen-bond donors (Lipinski definition) is 1. The number of halogens is 3. The first kappa shape index (κ1) is 20.3. The highest BCUT2D eigenvalue weighted by Crippen LogP contribution is 2.29. The highest BCUT2D eigenvalue weighted by molar-refractivity contribution is 6.30. The summed E-state index contributed by atoms with van der Waals surface area (Å²) in [5.41, 5.74) is 2.25. The van der Waals surface area contributed by atoms with Crippen LogP contribution < -0.4 is 4.74 Å². The second-order valence-corrected chi connectivity index (χ2v) is 7.75. The van der Waals surface area contributed by atoms with Gasteiger partial charge in [0, 0.05) is 17.0 Å². The molecule has 0 saturated carbocycles. The lowest BCUT2D eigenvalue weighted by Gasteiger charge is -2.11. The fraction of sp³-hybridized carbons (Fsp3) is 0.0800. The topological polar surface area (TPSA) is 51.1 Å². The van der Waals surface area contributed by atoms with Crippen molar-refractivity contribution in [3.63, 3.8) is 0 Å². The second-order valence-electron chi connectivity index (χ2n) is 7.31. The molecule has 0 fully saturated rings.